The average Bonchev–Trinajstić information content (AvgIpc) is 3.32. The SMILES string of the molecule is CC(c1nnnn1C)N(Cc1cccc(C(=N)N)c1)C(=O)Nc1ccc(-c2ccccc2S(N)(=O)=O)cc1. The smallest absolute Gasteiger partial charge is 0.322 e. The van der Waals surface area contributed by atoms with E-state index in [-0.39, 0.29) is 17.3 Å². The third kappa shape index (κ3) is 5.85. The molecule has 0 radical (unpaired) electrons. The Bertz CT molecular complexity index is 1580. The van der Waals surface area contributed by atoms with Crippen LogP contribution in [0, 0.1) is 5.41 Å². The van der Waals surface area contributed by atoms with Gasteiger partial charge in [0, 0.05) is 30.4 Å². The fourth-order valence-corrected chi connectivity index (χ4v) is 4.79. The Kier molecular flexibility index (Phi) is 7.50. The molecule has 1 unspecified atom stereocenters. The van der Waals surface area contributed by atoms with Crippen molar-refractivity contribution < 1.29 is 13.2 Å². The van der Waals surface area contributed by atoms with Crippen LogP contribution in [0.4, 0.5) is 10.5 Å². The number of sulfonamides is 1. The first-order valence-corrected chi connectivity index (χ1v) is 13.0. The van der Waals surface area contributed by atoms with Gasteiger partial charge < -0.3 is 16.0 Å². The number of nitrogens with zero attached hydrogens (tertiary/aromatic N) is 5. The molecule has 0 aliphatic rings. The lowest BCUT2D eigenvalue weighted by Gasteiger charge is -2.28. The summed E-state index contributed by atoms with van der Waals surface area (Å²) in [4.78, 5) is 15.1. The monoisotopic (exact) mass is 533 g/mol. The van der Waals surface area contributed by atoms with Crippen molar-refractivity contribution in [1.29, 1.82) is 5.41 Å². The molecule has 3 aromatic carbocycles. The normalized spacial score (nSPS) is 12.1. The highest BCUT2D eigenvalue weighted by Crippen LogP contribution is 2.28. The molecule has 0 aliphatic carbocycles. The van der Waals surface area contributed by atoms with E-state index in [2.05, 4.69) is 20.8 Å². The third-order valence-electron chi connectivity index (χ3n) is 5.99. The second-order valence-corrected chi connectivity index (χ2v) is 10.2. The Morgan fingerprint density at radius 1 is 1.11 bits per heavy atom. The van der Waals surface area contributed by atoms with E-state index in [0.29, 0.717) is 28.2 Å². The fourth-order valence-electron chi connectivity index (χ4n) is 4.03. The van der Waals surface area contributed by atoms with Gasteiger partial charge >= 0.3 is 6.03 Å². The quantitative estimate of drug-likeness (QED) is 0.198. The number of urea groups is 1. The van der Waals surface area contributed by atoms with E-state index < -0.39 is 22.1 Å². The van der Waals surface area contributed by atoms with Gasteiger partial charge in [-0.25, -0.2) is 23.0 Å². The number of aromatic nitrogens is 4. The Balaban J connectivity index is 1.61. The molecule has 196 valence electrons. The predicted molar refractivity (Wildman–Crippen MR) is 142 cm³/mol. The lowest BCUT2D eigenvalue weighted by molar-refractivity contribution is 0.185. The minimum Gasteiger partial charge on any atom is -0.384 e. The van der Waals surface area contributed by atoms with Gasteiger partial charge in [0.1, 0.15) is 5.84 Å². The summed E-state index contributed by atoms with van der Waals surface area (Å²) in [6.45, 7) is 2.01. The minimum atomic E-state index is -3.91. The van der Waals surface area contributed by atoms with E-state index in [0.717, 1.165) is 5.56 Å². The van der Waals surface area contributed by atoms with Crippen LogP contribution in [0.1, 0.15) is 29.9 Å². The average molecular weight is 534 g/mol. The summed E-state index contributed by atoms with van der Waals surface area (Å²) >= 11 is 0. The van der Waals surface area contributed by atoms with Gasteiger partial charge in [0.05, 0.1) is 10.9 Å². The van der Waals surface area contributed by atoms with Crippen LogP contribution < -0.4 is 16.2 Å². The molecule has 0 saturated heterocycles. The van der Waals surface area contributed by atoms with Crippen molar-refractivity contribution in [3.8, 4) is 11.1 Å². The first kappa shape index (κ1) is 26.4. The topological polar surface area (TPSA) is 186 Å². The molecule has 4 aromatic rings. The number of amides is 2. The molecule has 0 fully saturated rings. The fraction of sp³-hybridized carbons (Fsp3) is 0.160. The number of tetrazole rings is 1. The van der Waals surface area contributed by atoms with E-state index >= 15 is 0 Å². The maximum absolute atomic E-state index is 13.5. The zero-order chi connectivity index (χ0) is 27.4. The van der Waals surface area contributed by atoms with Gasteiger partial charge in [0.15, 0.2) is 5.82 Å². The van der Waals surface area contributed by atoms with Crippen LogP contribution in [-0.2, 0) is 23.6 Å². The summed E-state index contributed by atoms with van der Waals surface area (Å²) in [5, 5.41) is 27.6. The highest BCUT2D eigenvalue weighted by atomic mass is 32.2. The zero-order valence-electron chi connectivity index (χ0n) is 20.7. The van der Waals surface area contributed by atoms with Gasteiger partial charge in [-0.2, -0.15) is 0 Å². The van der Waals surface area contributed by atoms with Crippen molar-refractivity contribution in [3.63, 3.8) is 0 Å². The van der Waals surface area contributed by atoms with Gasteiger partial charge in [0.2, 0.25) is 10.0 Å². The number of hydrogen-bond acceptors (Lipinski definition) is 7. The van der Waals surface area contributed by atoms with Crippen LogP contribution in [0.3, 0.4) is 0 Å². The summed E-state index contributed by atoms with van der Waals surface area (Å²) in [7, 11) is -2.22. The Morgan fingerprint density at radius 3 is 2.45 bits per heavy atom. The minimum absolute atomic E-state index is 0.0156. The number of carbonyl (C=O) groups is 1. The van der Waals surface area contributed by atoms with Crippen molar-refractivity contribution in [3.05, 3.63) is 89.7 Å². The van der Waals surface area contributed by atoms with Crippen LogP contribution in [0.15, 0.2) is 77.7 Å². The van der Waals surface area contributed by atoms with Gasteiger partial charge in [0.25, 0.3) is 0 Å². The maximum Gasteiger partial charge on any atom is 0.322 e. The summed E-state index contributed by atoms with van der Waals surface area (Å²) in [6.07, 6.45) is 0. The number of nitrogen functional groups attached to an aromatic ring is 1. The predicted octanol–water partition coefficient (Wildman–Crippen LogP) is 2.60. The van der Waals surface area contributed by atoms with Crippen molar-refractivity contribution >= 4 is 27.6 Å². The Labute approximate surface area is 219 Å². The van der Waals surface area contributed by atoms with Crippen LogP contribution in [0.25, 0.3) is 11.1 Å². The van der Waals surface area contributed by atoms with Crippen molar-refractivity contribution in [2.75, 3.05) is 5.32 Å². The number of carbonyl (C=O) groups excluding carboxylic acids is 1. The molecule has 2 amide bonds. The molecule has 4 rings (SSSR count). The van der Waals surface area contributed by atoms with Crippen LogP contribution in [0.2, 0.25) is 0 Å². The van der Waals surface area contributed by atoms with E-state index in [1.807, 2.05) is 13.0 Å². The highest BCUT2D eigenvalue weighted by molar-refractivity contribution is 7.89. The molecule has 13 heteroatoms. The molecule has 1 aromatic heterocycles. The molecular weight excluding hydrogens is 506 g/mol. The number of nitrogens with one attached hydrogen (secondary N) is 2. The molecule has 0 aliphatic heterocycles. The van der Waals surface area contributed by atoms with E-state index in [1.54, 1.807) is 72.6 Å². The van der Waals surface area contributed by atoms with Crippen molar-refractivity contribution in [1.82, 2.24) is 25.1 Å². The Morgan fingerprint density at radius 2 is 1.82 bits per heavy atom. The number of rotatable bonds is 8. The van der Waals surface area contributed by atoms with Crippen molar-refractivity contribution in [2.45, 2.75) is 24.4 Å². The molecule has 6 N–H and O–H groups in total. The number of benzene rings is 3. The summed E-state index contributed by atoms with van der Waals surface area (Å²) < 4.78 is 25.5. The summed E-state index contributed by atoms with van der Waals surface area (Å²) in [5.41, 5.74) is 8.54. The first-order valence-electron chi connectivity index (χ1n) is 11.5. The number of hydrogen-bond donors (Lipinski definition) is 4. The molecule has 1 atom stereocenters. The molecular formula is C25H27N9O3S. The number of aryl methyl sites for hydroxylation is 1. The molecule has 12 nitrogen and oxygen atoms in total. The molecule has 0 spiro atoms. The number of anilines is 1. The maximum atomic E-state index is 13.5. The lowest BCUT2D eigenvalue weighted by Crippen LogP contribution is -2.37. The molecule has 38 heavy (non-hydrogen) atoms. The first-order chi connectivity index (χ1) is 18.0. The lowest BCUT2D eigenvalue weighted by atomic mass is 10.1. The highest BCUT2D eigenvalue weighted by Gasteiger charge is 2.26. The number of nitrogens with two attached hydrogens (primary N) is 2. The largest absolute Gasteiger partial charge is 0.384 e. The molecule has 1 heterocycles. The van der Waals surface area contributed by atoms with Crippen molar-refractivity contribution in [2.24, 2.45) is 17.9 Å². The van der Waals surface area contributed by atoms with E-state index in [9.17, 15) is 13.2 Å². The van der Waals surface area contributed by atoms with Gasteiger partial charge in [-0.1, -0.05) is 48.5 Å². The summed E-state index contributed by atoms with van der Waals surface area (Å²) in [6, 6.07) is 19.4. The second kappa shape index (κ2) is 10.8. The third-order valence-corrected chi connectivity index (χ3v) is 6.96. The standard InChI is InChI=1S/C25H27N9O3S/c1-16(24-30-31-32-33(24)2)34(15-17-6-5-7-19(14-17)23(26)27)25(35)29-20-12-10-18(11-13-20)21-8-3-4-9-22(21)38(28,36)37/h3-14,16H,15H2,1-2H3,(H3,26,27)(H,29,35)(H2,28,36,37). The second-order valence-electron chi connectivity index (χ2n) is 8.63. The molecule has 0 saturated carbocycles. The number of amidine groups is 1. The van der Waals surface area contributed by atoms with Gasteiger partial charge in [-0.3, -0.25) is 5.41 Å². The van der Waals surface area contributed by atoms with Gasteiger partial charge in [-0.15, -0.1) is 5.10 Å². The van der Waals surface area contributed by atoms with Gasteiger partial charge in [-0.05, 0) is 52.7 Å². The summed E-state index contributed by atoms with van der Waals surface area (Å²) in [5.74, 6) is 0.412. The van der Waals surface area contributed by atoms with Crippen LogP contribution in [-0.4, -0.2) is 45.4 Å². The Hall–Kier alpha value is -4.62. The van der Waals surface area contributed by atoms with Crippen LogP contribution >= 0.6 is 0 Å². The molecule has 0 bridgehead atoms. The van der Waals surface area contributed by atoms with Crippen LogP contribution in [0.5, 0.6) is 0 Å². The van der Waals surface area contributed by atoms with E-state index in [4.69, 9.17) is 16.3 Å². The number of primary sulfonamides is 1. The zero-order valence-corrected chi connectivity index (χ0v) is 21.6. The van der Waals surface area contributed by atoms with E-state index in [1.165, 1.54) is 10.7 Å².